The zero-order valence-corrected chi connectivity index (χ0v) is 11.8. The molecule has 10 heteroatoms. The van der Waals surface area contributed by atoms with Crippen molar-refractivity contribution in [2.24, 2.45) is 0 Å². The van der Waals surface area contributed by atoms with Crippen LogP contribution in [0.15, 0.2) is 0 Å². The molecule has 1 aliphatic heterocycles. The van der Waals surface area contributed by atoms with E-state index in [1.54, 1.807) is 0 Å². The zero-order chi connectivity index (χ0) is 17.2. The Bertz CT molecular complexity index is 375. The van der Waals surface area contributed by atoms with Crippen LogP contribution < -0.4 is 0 Å². The Balaban J connectivity index is 3.13. The van der Waals surface area contributed by atoms with Crippen molar-refractivity contribution in [2.45, 2.75) is 61.4 Å². The molecule has 0 radical (unpaired) electrons. The van der Waals surface area contributed by atoms with Gasteiger partial charge in [0.15, 0.2) is 11.9 Å². The van der Waals surface area contributed by atoms with E-state index in [1.807, 2.05) is 0 Å². The SMILES string of the molecule is CC(O)C(O)C(O)C(O)(C=O)[C@H]1O[C@H](CO)[C@@H](O)[C@H](O)[C@H]1O. The topological polar surface area (TPSA) is 188 Å². The molecule has 0 aromatic heterocycles. The number of rotatable bonds is 6. The average Bonchev–Trinajstić information content (AvgIpc) is 2.50. The van der Waals surface area contributed by atoms with Crippen LogP contribution in [0.3, 0.4) is 0 Å². The Morgan fingerprint density at radius 3 is 2.09 bits per heavy atom. The second-order valence-corrected chi connectivity index (χ2v) is 5.43. The number of aliphatic hydroxyl groups is 8. The van der Waals surface area contributed by atoms with E-state index in [4.69, 9.17) is 9.84 Å². The monoisotopic (exact) mass is 326 g/mol. The highest BCUT2D eigenvalue weighted by Gasteiger charge is 2.57. The van der Waals surface area contributed by atoms with E-state index in [0.29, 0.717) is 0 Å². The van der Waals surface area contributed by atoms with Crippen molar-refractivity contribution >= 4 is 6.29 Å². The van der Waals surface area contributed by atoms with E-state index in [-0.39, 0.29) is 6.29 Å². The third-order valence-electron chi connectivity index (χ3n) is 3.83. The summed E-state index contributed by atoms with van der Waals surface area (Å²) in [6.45, 7) is 0.290. The van der Waals surface area contributed by atoms with Crippen LogP contribution in [0, 0.1) is 0 Å². The average molecular weight is 326 g/mol. The van der Waals surface area contributed by atoms with Gasteiger partial charge in [-0.3, -0.25) is 4.79 Å². The molecule has 1 heterocycles. The number of aldehydes is 1. The van der Waals surface area contributed by atoms with Gasteiger partial charge in [0.25, 0.3) is 0 Å². The Labute approximate surface area is 125 Å². The number of ether oxygens (including phenoxy) is 1. The first-order valence-electron chi connectivity index (χ1n) is 6.65. The van der Waals surface area contributed by atoms with Gasteiger partial charge in [-0.1, -0.05) is 0 Å². The maximum atomic E-state index is 11.2. The molecule has 9 atom stereocenters. The first kappa shape index (κ1) is 19.4. The van der Waals surface area contributed by atoms with E-state index >= 15 is 0 Å². The van der Waals surface area contributed by atoms with Gasteiger partial charge in [-0.15, -0.1) is 0 Å². The molecule has 0 aromatic carbocycles. The van der Waals surface area contributed by atoms with Gasteiger partial charge in [0.1, 0.15) is 42.7 Å². The fourth-order valence-corrected chi connectivity index (χ4v) is 2.33. The summed E-state index contributed by atoms with van der Waals surface area (Å²) >= 11 is 0. The first-order chi connectivity index (χ1) is 10.1. The summed E-state index contributed by atoms with van der Waals surface area (Å²) in [5, 5.41) is 77.2. The predicted octanol–water partition coefficient (Wildman–Crippen LogP) is -5.14. The Morgan fingerprint density at radius 2 is 1.68 bits per heavy atom. The van der Waals surface area contributed by atoms with E-state index < -0.39 is 61.0 Å². The third-order valence-corrected chi connectivity index (χ3v) is 3.83. The molecule has 4 unspecified atom stereocenters. The van der Waals surface area contributed by atoms with Gasteiger partial charge in [-0.25, -0.2) is 0 Å². The molecule has 0 bridgehead atoms. The molecule has 10 nitrogen and oxygen atoms in total. The van der Waals surface area contributed by atoms with Crippen LogP contribution in [0.2, 0.25) is 0 Å². The number of hydrogen-bond donors (Lipinski definition) is 8. The normalized spacial score (nSPS) is 39.6. The second kappa shape index (κ2) is 7.25. The summed E-state index contributed by atoms with van der Waals surface area (Å²) in [5.74, 6) is 0. The lowest BCUT2D eigenvalue weighted by atomic mass is 9.80. The highest BCUT2D eigenvalue weighted by Crippen LogP contribution is 2.31. The number of hydrogen-bond acceptors (Lipinski definition) is 10. The quantitative estimate of drug-likeness (QED) is 0.219. The minimum absolute atomic E-state index is 0.212. The third kappa shape index (κ3) is 3.30. The lowest BCUT2D eigenvalue weighted by molar-refractivity contribution is -0.282. The number of aliphatic hydroxyl groups excluding tert-OH is 7. The molecule has 1 saturated heterocycles. The van der Waals surface area contributed by atoms with Gasteiger partial charge < -0.3 is 45.6 Å². The largest absolute Gasteiger partial charge is 0.394 e. The van der Waals surface area contributed by atoms with Crippen LogP contribution in [0.1, 0.15) is 6.92 Å². The standard InChI is InChI=1S/C12H22O10/c1-4(15)6(16)10(20)12(21,3-14)11-9(19)8(18)7(17)5(2-13)22-11/h3-11,13,15-21H,2H2,1H3/t4?,5-,6?,7-,8+,9-,10?,11+,12?/m1/s1. The highest BCUT2D eigenvalue weighted by molar-refractivity contribution is 5.65. The van der Waals surface area contributed by atoms with Crippen LogP contribution in [0.25, 0.3) is 0 Å². The van der Waals surface area contributed by atoms with Crippen molar-refractivity contribution in [3.05, 3.63) is 0 Å². The molecule has 8 N–H and O–H groups in total. The lowest BCUT2D eigenvalue weighted by Crippen LogP contribution is -2.70. The fourth-order valence-electron chi connectivity index (χ4n) is 2.33. The smallest absolute Gasteiger partial charge is 0.177 e. The molecule has 0 aromatic rings. The van der Waals surface area contributed by atoms with Gasteiger partial charge in [0.2, 0.25) is 0 Å². The van der Waals surface area contributed by atoms with Crippen LogP contribution >= 0.6 is 0 Å². The maximum absolute atomic E-state index is 11.2. The van der Waals surface area contributed by atoms with E-state index in [0.717, 1.165) is 6.92 Å². The van der Waals surface area contributed by atoms with Gasteiger partial charge >= 0.3 is 0 Å². The van der Waals surface area contributed by atoms with Gasteiger partial charge in [0.05, 0.1) is 12.7 Å². The Hall–Kier alpha value is -0.690. The molecule has 0 spiro atoms. The van der Waals surface area contributed by atoms with Gasteiger partial charge in [-0.2, -0.15) is 0 Å². The zero-order valence-electron chi connectivity index (χ0n) is 11.8. The van der Waals surface area contributed by atoms with Crippen LogP contribution in [-0.2, 0) is 9.53 Å². The van der Waals surface area contributed by atoms with Crippen molar-refractivity contribution in [2.75, 3.05) is 6.61 Å². The second-order valence-electron chi connectivity index (χ2n) is 5.43. The van der Waals surface area contributed by atoms with Crippen LogP contribution in [0.5, 0.6) is 0 Å². The minimum Gasteiger partial charge on any atom is -0.394 e. The fraction of sp³-hybridized carbons (Fsp3) is 0.917. The molecule has 22 heavy (non-hydrogen) atoms. The first-order valence-corrected chi connectivity index (χ1v) is 6.65. The molecule has 1 rings (SSSR count). The summed E-state index contributed by atoms with van der Waals surface area (Å²) < 4.78 is 4.99. The predicted molar refractivity (Wildman–Crippen MR) is 68.5 cm³/mol. The highest BCUT2D eigenvalue weighted by atomic mass is 16.6. The van der Waals surface area contributed by atoms with Crippen LogP contribution in [-0.4, -0.2) is 108 Å². The minimum atomic E-state index is -2.90. The molecule has 1 fully saturated rings. The molecular weight excluding hydrogens is 304 g/mol. The number of carbonyl (C=O) groups excluding carboxylic acids is 1. The molecule has 0 aliphatic carbocycles. The summed E-state index contributed by atoms with van der Waals surface area (Å²) in [6, 6.07) is 0. The molecule has 1 aliphatic rings. The maximum Gasteiger partial charge on any atom is 0.177 e. The summed E-state index contributed by atoms with van der Waals surface area (Å²) in [4.78, 5) is 11.2. The molecule has 0 saturated carbocycles. The van der Waals surface area contributed by atoms with E-state index in [9.17, 15) is 40.5 Å². The van der Waals surface area contributed by atoms with Crippen LogP contribution in [0.4, 0.5) is 0 Å². The number of carbonyl (C=O) groups is 1. The van der Waals surface area contributed by atoms with E-state index in [1.165, 1.54) is 0 Å². The van der Waals surface area contributed by atoms with Crippen molar-refractivity contribution in [1.82, 2.24) is 0 Å². The summed E-state index contributed by atoms with van der Waals surface area (Å²) in [5.41, 5.74) is -2.90. The summed E-state index contributed by atoms with van der Waals surface area (Å²) in [7, 11) is 0. The lowest BCUT2D eigenvalue weighted by Gasteiger charge is -2.46. The van der Waals surface area contributed by atoms with E-state index in [2.05, 4.69) is 0 Å². The van der Waals surface area contributed by atoms with Crippen molar-refractivity contribution in [1.29, 1.82) is 0 Å². The van der Waals surface area contributed by atoms with Gasteiger partial charge in [0, 0.05) is 0 Å². The molecular formula is C12H22O10. The molecule has 130 valence electrons. The van der Waals surface area contributed by atoms with Crippen molar-refractivity contribution in [3.8, 4) is 0 Å². The van der Waals surface area contributed by atoms with Crippen molar-refractivity contribution < 1.29 is 50.4 Å². The Kier molecular flexibility index (Phi) is 6.38. The Morgan fingerprint density at radius 1 is 1.14 bits per heavy atom. The summed E-state index contributed by atoms with van der Waals surface area (Å²) in [6.07, 6.45) is -14.9. The van der Waals surface area contributed by atoms with Crippen molar-refractivity contribution in [3.63, 3.8) is 0 Å². The van der Waals surface area contributed by atoms with Gasteiger partial charge in [-0.05, 0) is 6.92 Å². The molecule has 0 amide bonds.